The second kappa shape index (κ2) is 10.4. The molecular formula is C25H30N4O3. The maximum atomic E-state index is 12.5. The monoisotopic (exact) mass is 434 g/mol. The van der Waals surface area contributed by atoms with E-state index >= 15 is 0 Å². The summed E-state index contributed by atoms with van der Waals surface area (Å²) >= 11 is 0. The first-order valence-corrected chi connectivity index (χ1v) is 11.1. The fourth-order valence-electron chi connectivity index (χ4n) is 4.11. The molecular weight excluding hydrogens is 404 g/mol. The first-order valence-electron chi connectivity index (χ1n) is 11.1. The molecule has 168 valence electrons. The molecule has 0 saturated carbocycles. The summed E-state index contributed by atoms with van der Waals surface area (Å²) in [5.74, 6) is 0.866. The van der Waals surface area contributed by atoms with E-state index in [1.54, 1.807) is 7.11 Å². The number of hydrogen-bond donors (Lipinski definition) is 1. The van der Waals surface area contributed by atoms with Gasteiger partial charge in [0.15, 0.2) is 6.10 Å². The fraction of sp³-hybridized carbons (Fsp3) is 0.400. The smallest absolute Gasteiger partial charge is 0.249 e. The first kappa shape index (κ1) is 22.0. The number of benzene rings is 2. The van der Waals surface area contributed by atoms with Crippen LogP contribution in [0, 0.1) is 6.92 Å². The Bertz CT molecular complexity index is 1010. The number of anilines is 1. The summed E-state index contributed by atoms with van der Waals surface area (Å²) in [7, 11) is 1.61. The summed E-state index contributed by atoms with van der Waals surface area (Å²) in [6, 6.07) is 18.5. The van der Waals surface area contributed by atoms with Crippen molar-refractivity contribution in [2.45, 2.75) is 44.8 Å². The van der Waals surface area contributed by atoms with E-state index in [-0.39, 0.29) is 11.9 Å². The number of nitrogens with one attached hydrogen (secondary N) is 1. The van der Waals surface area contributed by atoms with Crippen LogP contribution >= 0.6 is 0 Å². The normalized spacial score (nSPS) is 15.5. The maximum absolute atomic E-state index is 12.5. The van der Waals surface area contributed by atoms with Gasteiger partial charge in [-0.05, 0) is 43.0 Å². The molecule has 3 aromatic rings. The van der Waals surface area contributed by atoms with Crippen LogP contribution in [0.3, 0.4) is 0 Å². The number of amides is 1. The molecule has 0 radical (unpaired) electrons. The molecule has 7 heteroatoms. The van der Waals surface area contributed by atoms with E-state index in [4.69, 9.17) is 9.15 Å². The van der Waals surface area contributed by atoms with Gasteiger partial charge in [0.25, 0.3) is 0 Å². The Kier molecular flexibility index (Phi) is 7.17. The second-order valence-corrected chi connectivity index (χ2v) is 8.23. The summed E-state index contributed by atoms with van der Waals surface area (Å²) in [6.07, 6.45) is 2.20. The minimum atomic E-state index is -0.412. The van der Waals surface area contributed by atoms with Gasteiger partial charge in [-0.1, -0.05) is 42.5 Å². The predicted molar refractivity (Wildman–Crippen MR) is 122 cm³/mol. The molecule has 1 unspecified atom stereocenters. The van der Waals surface area contributed by atoms with Gasteiger partial charge in [0, 0.05) is 44.8 Å². The van der Waals surface area contributed by atoms with E-state index < -0.39 is 6.10 Å². The SMILES string of the molecule is COC(c1ccccc1)c1nnc(CCC(=O)NC2CCN(c3cccc(C)c3)CC2)o1. The lowest BCUT2D eigenvalue weighted by Crippen LogP contribution is -2.44. The molecule has 2 aromatic carbocycles. The molecule has 2 heterocycles. The van der Waals surface area contributed by atoms with Gasteiger partial charge < -0.3 is 19.4 Å². The molecule has 0 spiro atoms. The van der Waals surface area contributed by atoms with Crippen molar-refractivity contribution < 1.29 is 13.9 Å². The molecule has 1 aromatic heterocycles. The maximum Gasteiger partial charge on any atom is 0.249 e. The standard InChI is InChI=1S/C25H30N4O3/c1-18-7-6-10-21(17-18)29-15-13-20(14-16-29)26-22(30)11-12-23-27-28-25(32-23)24(31-2)19-8-4-3-5-9-19/h3-10,17,20,24H,11-16H2,1-2H3,(H,26,30). The topological polar surface area (TPSA) is 80.5 Å². The molecule has 1 aliphatic rings. The minimum absolute atomic E-state index is 0.0186. The Morgan fingerprint density at radius 2 is 1.94 bits per heavy atom. The van der Waals surface area contributed by atoms with Crippen molar-refractivity contribution in [1.29, 1.82) is 0 Å². The molecule has 0 aliphatic carbocycles. The Labute approximate surface area is 188 Å². The second-order valence-electron chi connectivity index (χ2n) is 8.23. The zero-order valence-corrected chi connectivity index (χ0v) is 18.7. The van der Waals surface area contributed by atoms with E-state index in [1.807, 2.05) is 30.3 Å². The van der Waals surface area contributed by atoms with Crippen LogP contribution in [0.1, 0.15) is 48.3 Å². The third-order valence-electron chi connectivity index (χ3n) is 5.84. The number of nitrogens with zero attached hydrogens (tertiary/aromatic N) is 3. The van der Waals surface area contributed by atoms with Crippen molar-refractivity contribution in [3.8, 4) is 0 Å². The molecule has 1 amide bonds. The molecule has 0 bridgehead atoms. The van der Waals surface area contributed by atoms with Gasteiger partial charge in [-0.15, -0.1) is 10.2 Å². The Morgan fingerprint density at radius 3 is 2.66 bits per heavy atom. The molecule has 1 saturated heterocycles. The van der Waals surface area contributed by atoms with Gasteiger partial charge in [0.1, 0.15) is 0 Å². The fourth-order valence-corrected chi connectivity index (χ4v) is 4.11. The lowest BCUT2D eigenvalue weighted by Gasteiger charge is -2.34. The minimum Gasteiger partial charge on any atom is -0.422 e. The van der Waals surface area contributed by atoms with Crippen molar-refractivity contribution in [3.05, 3.63) is 77.5 Å². The molecule has 4 rings (SSSR count). The number of carbonyl (C=O) groups excluding carboxylic acids is 1. The van der Waals surface area contributed by atoms with Gasteiger partial charge in [-0.25, -0.2) is 0 Å². The molecule has 32 heavy (non-hydrogen) atoms. The van der Waals surface area contributed by atoms with E-state index in [1.165, 1.54) is 11.3 Å². The van der Waals surface area contributed by atoms with E-state index in [0.717, 1.165) is 31.5 Å². The van der Waals surface area contributed by atoms with Crippen LogP contribution in [0.5, 0.6) is 0 Å². The van der Waals surface area contributed by atoms with Gasteiger partial charge in [-0.3, -0.25) is 4.79 Å². The largest absolute Gasteiger partial charge is 0.422 e. The van der Waals surface area contributed by atoms with Crippen LogP contribution in [0.15, 0.2) is 59.0 Å². The number of rotatable bonds is 8. The number of methoxy groups -OCH3 is 1. The number of ether oxygens (including phenoxy) is 1. The number of hydrogen-bond acceptors (Lipinski definition) is 6. The Morgan fingerprint density at radius 1 is 1.16 bits per heavy atom. The van der Waals surface area contributed by atoms with Gasteiger partial charge in [0.05, 0.1) is 0 Å². The zero-order chi connectivity index (χ0) is 22.3. The lowest BCUT2D eigenvalue weighted by atomic mass is 10.0. The van der Waals surface area contributed by atoms with Crippen molar-refractivity contribution in [2.75, 3.05) is 25.1 Å². The number of aryl methyl sites for hydroxylation is 2. The first-order chi connectivity index (χ1) is 15.6. The van der Waals surface area contributed by atoms with Gasteiger partial charge >= 0.3 is 0 Å². The van der Waals surface area contributed by atoms with Crippen molar-refractivity contribution in [1.82, 2.24) is 15.5 Å². The molecule has 1 atom stereocenters. The predicted octanol–water partition coefficient (Wildman–Crippen LogP) is 3.83. The molecule has 1 fully saturated rings. The summed E-state index contributed by atoms with van der Waals surface area (Å²) in [5.41, 5.74) is 3.47. The number of carbonyl (C=O) groups is 1. The van der Waals surface area contributed by atoms with Crippen molar-refractivity contribution >= 4 is 11.6 Å². The van der Waals surface area contributed by atoms with Crippen LogP contribution in [-0.4, -0.2) is 42.3 Å². The van der Waals surface area contributed by atoms with Crippen molar-refractivity contribution in [3.63, 3.8) is 0 Å². The summed E-state index contributed by atoms with van der Waals surface area (Å²) < 4.78 is 11.3. The third-order valence-corrected chi connectivity index (χ3v) is 5.84. The Hall–Kier alpha value is -3.19. The summed E-state index contributed by atoms with van der Waals surface area (Å²) in [6.45, 7) is 4.00. The average molecular weight is 435 g/mol. The molecule has 1 N–H and O–H groups in total. The number of aromatic nitrogens is 2. The Balaban J connectivity index is 1.24. The summed E-state index contributed by atoms with van der Waals surface area (Å²) in [4.78, 5) is 14.8. The van der Waals surface area contributed by atoms with E-state index in [0.29, 0.717) is 24.6 Å². The highest BCUT2D eigenvalue weighted by Gasteiger charge is 2.23. The summed E-state index contributed by atoms with van der Waals surface area (Å²) in [5, 5.41) is 11.4. The third kappa shape index (κ3) is 5.53. The quantitative estimate of drug-likeness (QED) is 0.580. The zero-order valence-electron chi connectivity index (χ0n) is 18.7. The van der Waals surface area contributed by atoms with Crippen molar-refractivity contribution in [2.24, 2.45) is 0 Å². The number of piperidine rings is 1. The lowest BCUT2D eigenvalue weighted by molar-refractivity contribution is -0.122. The van der Waals surface area contributed by atoms with E-state index in [2.05, 4.69) is 51.6 Å². The highest BCUT2D eigenvalue weighted by molar-refractivity contribution is 5.76. The van der Waals surface area contributed by atoms with Crippen LogP contribution in [0.4, 0.5) is 5.69 Å². The van der Waals surface area contributed by atoms with Gasteiger partial charge in [-0.2, -0.15) is 0 Å². The van der Waals surface area contributed by atoms with Crippen LogP contribution in [-0.2, 0) is 16.0 Å². The highest BCUT2D eigenvalue weighted by atomic mass is 16.5. The van der Waals surface area contributed by atoms with E-state index in [9.17, 15) is 4.79 Å². The molecule has 7 nitrogen and oxygen atoms in total. The van der Waals surface area contributed by atoms with Gasteiger partial charge in [0.2, 0.25) is 17.7 Å². The average Bonchev–Trinajstić information content (AvgIpc) is 3.28. The van der Waals surface area contributed by atoms with Crippen LogP contribution in [0.2, 0.25) is 0 Å². The molecule has 1 aliphatic heterocycles. The van der Waals surface area contributed by atoms with Crippen LogP contribution < -0.4 is 10.2 Å². The highest BCUT2D eigenvalue weighted by Crippen LogP contribution is 2.24. The van der Waals surface area contributed by atoms with Crippen LogP contribution in [0.25, 0.3) is 0 Å².